The van der Waals surface area contributed by atoms with E-state index in [4.69, 9.17) is 0 Å². The number of hydrogen-bond donors (Lipinski definition) is 1. The van der Waals surface area contributed by atoms with E-state index < -0.39 is 10.8 Å². The van der Waals surface area contributed by atoms with E-state index in [2.05, 4.69) is 10.3 Å². The summed E-state index contributed by atoms with van der Waals surface area (Å²) in [5.74, 6) is 0.387. The summed E-state index contributed by atoms with van der Waals surface area (Å²) in [5, 5.41) is 3.33. The summed E-state index contributed by atoms with van der Waals surface area (Å²) in [6.45, 7) is 2.78. The Morgan fingerprint density at radius 3 is 3.06 bits per heavy atom. The number of nitrogens with one attached hydrogen (secondary N) is 1. The van der Waals surface area contributed by atoms with E-state index in [-0.39, 0.29) is 17.1 Å². The van der Waals surface area contributed by atoms with Crippen molar-refractivity contribution in [2.75, 3.05) is 12.3 Å². The minimum absolute atomic E-state index is 0.0143. The molecule has 1 fully saturated rings. The van der Waals surface area contributed by atoms with Crippen LogP contribution in [-0.4, -0.2) is 26.7 Å². The molecule has 3 atom stereocenters. The van der Waals surface area contributed by atoms with E-state index in [1.54, 1.807) is 6.07 Å². The molecule has 0 amide bonds. The lowest BCUT2D eigenvalue weighted by Crippen LogP contribution is -2.31. The molecule has 88 valence electrons. The molecule has 0 spiro atoms. The zero-order valence-corrected chi connectivity index (χ0v) is 9.97. The first-order chi connectivity index (χ1) is 7.68. The number of aromatic nitrogens is 1. The minimum Gasteiger partial charge on any atom is -0.308 e. The second-order valence-electron chi connectivity index (χ2n) is 3.98. The fourth-order valence-corrected chi connectivity index (χ4v) is 3.23. The Labute approximate surface area is 96.9 Å². The van der Waals surface area contributed by atoms with Crippen molar-refractivity contribution in [3.8, 4) is 0 Å². The Morgan fingerprint density at radius 2 is 2.38 bits per heavy atom. The molecule has 0 aliphatic carbocycles. The third-order valence-corrected chi connectivity index (χ3v) is 4.63. The maximum Gasteiger partial charge on any atom is 0.141 e. The zero-order chi connectivity index (χ0) is 11.5. The van der Waals surface area contributed by atoms with E-state index in [1.807, 2.05) is 6.92 Å². The van der Waals surface area contributed by atoms with Crippen molar-refractivity contribution in [2.45, 2.75) is 24.6 Å². The highest BCUT2D eigenvalue weighted by Gasteiger charge is 2.27. The van der Waals surface area contributed by atoms with Gasteiger partial charge in [0.05, 0.1) is 23.2 Å². The molecule has 2 heterocycles. The maximum atomic E-state index is 12.8. The summed E-state index contributed by atoms with van der Waals surface area (Å²) in [6.07, 6.45) is 2.12. The number of pyridine rings is 1. The van der Waals surface area contributed by atoms with Crippen LogP contribution in [0.4, 0.5) is 4.39 Å². The Bertz CT molecular complexity index is 382. The summed E-state index contributed by atoms with van der Waals surface area (Å²) in [5.41, 5.74) is 0.768. The first kappa shape index (κ1) is 11.7. The second kappa shape index (κ2) is 5.01. The van der Waals surface area contributed by atoms with Gasteiger partial charge in [-0.05, 0) is 32.0 Å². The van der Waals surface area contributed by atoms with Gasteiger partial charge in [0.1, 0.15) is 5.82 Å². The van der Waals surface area contributed by atoms with Gasteiger partial charge in [0.2, 0.25) is 0 Å². The quantitative estimate of drug-likeness (QED) is 0.809. The molecule has 0 saturated carbocycles. The third-order valence-electron chi connectivity index (χ3n) is 2.84. The Kier molecular flexibility index (Phi) is 3.66. The monoisotopic (exact) mass is 242 g/mol. The Balaban J connectivity index is 2.23. The lowest BCUT2D eigenvalue weighted by atomic mass is 10.1. The van der Waals surface area contributed by atoms with Gasteiger partial charge in [-0.1, -0.05) is 0 Å². The molecule has 1 aromatic rings. The highest BCUT2D eigenvalue weighted by molar-refractivity contribution is 7.85. The SMILES string of the molecule is CC1C(c2ccc(F)cn2)NCCCS1=O. The van der Waals surface area contributed by atoms with Crippen LogP contribution in [0.5, 0.6) is 0 Å². The molecule has 1 aliphatic rings. The lowest BCUT2D eigenvalue weighted by Gasteiger charge is -2.20. The van der Waals surface area contributed by atoms with Crippen LogP contribution in [0.1, 0.15) is 25.1 Å². The predicted molar refractivity (Wildman–Crippen MR) is 62.0 cm³/mol. The molecule has 2 rings (SSSR count). The Hall–Kier alpha value is -0.810. The molecule has 0 radical (unpaired) electrons. The van der Waals surface area contributed by atoms with Crippen LogP contribution in [0.25, 0.3) is 0 Å². The molecule has 1 saturated heterocycles. The molecular weight excluding hydrogens is 227 g/mol. The first-order valence-electron chi connectivity index (χ1n) is 5.40. The van der Waals surface area contributed by atoms with E-state index >= 15 is 0 Å². The van der Waals surface area contributed by atoms with Crippen molar-refractivity contribution in [2.24, 2.45) is 0 Å². The highest BCUT2D eigenvalue weighted by Crippen LogP contribution is 2.21. The predicted octanol–water partition coefficient (Wildman–Crippen LogP) is 1.39. The molecule has 0 aromatic carbocycles. The molecule has 1 N–H and O–H groups in total. The maximum absolute atomic E-state index is 12.8. The highest BCUT2D eigenvalue weighted by atomic mass is 32.2. The van der Waals surface area contributed by atoms with E-state index in [9.17, 15) is 8.60 Å². The molecule has 5 heteroatoms. The summed E-state index contributed by atoms with van der Waals surface area (Å²) in [7, 11) is -0.834. The van der Waals surface area contributed by atoms with Crippen LogP contribution in [0.3, 0.4) is 0 Å². The smallest absolute Gasteiger partial charge is 0.141 e. The molecule has 0 bridgehead atoms. The van der Waals surface area contributed by atoms with E-state index in [1.165, 1.54) is 12.3 Å². The topological polar surface area (TPSA) is 42.0 Å². The Morgan fingerprint density at radius 1 is 1.56 bits per heavy atom. The standard InChI is InChI=1S/C11H15FN2OS/c1-8-11(13-5-2-6-16(8)15)10-4-3-9(12)7-14-10/h3-4,7-8,11,13H,2,5-6H2,1H3. The average Bonchev–Trinajstić information content (AvgIpc) is 2.44. The summed E-state index contributed by atoms with van der Waals surface area (Å²) < 4.78 is 24.6. The first-order valence-corrected chi connectivity index (χ1v) is 6.78. The summed E-state index contributed by atoms with van der Waals surface area (Å²) in [4.78, 5) is 4.06. The molecular formula is C11H15FN2OS. The summed E-state index contributed by atoms with van der Waals surface area (Å²) >= 11 is 0. The summed E-state index contributed by atoms with van der Waals surface area (Å²) in [6, 6.07) is 3.01. The van der Waals surface area contributed by atoms with Crippen molar-refractivity contribution in [1.82, 2.24) is 10.3 Å². The molecule has 3 nitrogen and oxygen atoms in total. The largest absolute Gasteiger partial charge is 0.308 e. The molecule has 1 aliphatic heterocycles. The third kappa shape index (κ3) is 2.47. The van der Waals surface area contributed by atoms with Gasteiger partial charge in [-0.25, -0.2) is 4.39 Å². The normalized spacial score (nSPS) is 31.0. The fourth-order valence-electron chi connectivity index (χ4n) is 1.89. The molecule has 16 heavy (non-hydrogen) atoms. The van der Waals surface area contributed by atoms with Crippen LogP contribution in [-0.2, 0) is 10.8 Å². The van der Waals surface area contributed by atoms with Gasteiger partial charge in [-0.3, -0.25) is 9.19 Å². The van der Waals surface area contributed by atoms with Crippen LogP contribution < -0.4 is 5.32 Å². The number of nitrogens with zero attached hydrogens (tertiary/aromatic N) is 1. The van der Waals surface area contributed by atoms with Gasteiger partial charge < -0.3 is 5.32 Å². The van der Waals surface area contributed by atoms with Crippen molar-refractivity contribution in [3.05, 3.63) is 29.8 Å². The van der Waals surface area contributed by atoms with Gasteiger partial charge in [0.15, 0.2) is 0 Å². The van der Waals surface area contributed by atoms with Crippen LogP contribution >= 0.6 is 0 Å². The lowest BCUT2D eigenvalue weighted by molar-refractivity contribution is 0.519. The number of halogens is 1. The molecule has 1 aromatic heterocycles. The second-order valence-corrected chi connectivity index (χ2v) is 5.89. The van der Waals surface area contributed by atoms with Gasteiger partial charge in [-0.2, -0.15) is 0 Å². The van der Waals surface area contributed by atoms with Gasteiger partial charge >= 0.3 is 0 Å². The molecule has 3 unspecified atom stereocenters. The van der Waals surface area contributed by atoms with Crippen molar-refractivity contribution in [3.63, 3.8) is 0 Å². The van der Waals surface area contributed by atoms with Crippen molar-refractivity contribution >= 4 is 10.8 Å². The van der Waals surface area contributed by atoms with Crippen molar-refractivity contribution < 1.29 is 8.60 Å². The van der Waals surface area contributed by atoms with Crippen LogP contribution in [0.2, 0.25) is 0 Å². The zero-order valence-electron chi connectivity index (χ0n) is 9.15. The van der Waals surface area contributed by atoms with E-state index in [0.29, 0.717) is 0 Å². The number of hydrogen-bond acceptors (Lipinski definition) is 3. The van der Waals surface area contributed by atoms with E-state index in [0.717, 1.165) is 24.4 Å². The van der Waals surface area contributed by atoms with Gasteiger partial charge in [0.25, 0.3) is 0 Å². The van der Waals surface area contributed by atoms with Crippen molar-refractivity contribution in [1.29, 1.82) is 0 Å². The van der Waals surface area contributed by atoms with Gasteiger partial charge in [-0.15, -0.1) is 0 Å². The average molecular weight is 242 g/mol. The van der Waals surface area contributed by atoms with Gasteiger partial charge in [0, 0.05) is 16.6 Å². The van der Waals surface area contributed by atoms with Crippen LogP contribution in [0, 0.1) is 5.82 Å². The number of rotatable bonds is 1. The minimum atomic E-state index is -0.834. The fraction of sp³-hybridized carbons (Fsp3) is 0.545. The van der Waals surface area contributed by atoms with Crippen LogP contribution in [0.15, 0.2) is 18.3 Å².